The predicted octanol–water partition coefficient (Wildman–Crippen LogP) is 0.974. The van der Waals surface area contributed by atoms with E-state index in [1.54, 1.807) is 12.3 Å². The number of aryl methyl sites for hydroxylation is 1. The van der Waals surface area contributed by atoms with Crippen LogP contribution in [-0.4, -0.2) is 63.3 Å². The number of nitrogens with zero attached hydrogens (tertiary/aromatic N) is 5. The van der Waals surface area contributed by atoms with Gasteiger partial charge < -0.3 is 4.74 Å². The first kappa shape index (κ1) is 15.8. The first-order valence-corrected chi connectivity index (χ1v) is 7.65. The average Bonchev–Trinajstić information content (AvgIpc) is 2.96. The molecule has 1 aliphatic heterocycles. The van der Waals surface area contributed by atoms with E-state index in [2.05, 4.69) is 30.0 Å². The molecule has 2 aromatic heterocycles. The number of aromatic nitrogens is 4. The van der Waals surface area contributed by atoms with Gasteiger partial charge in [0.15, 0.2) is 11.6 Å². The normalized spacial score (nSPS) is 16.7. The van der Waals surface area contributed by atoms with Crippen molar-refractivity contribution in [1.82, 2.24) is 30.0 Å². The Bertz CT molecular complexity index is 653. The summed E-state index contributed by atoms with van der Waals surface area (Å²) in [5.41, 5.74) is 0.620. The first-order valence-electron chi connectivity index (χ1n) is 7.65. The Labute approximate surface area is 134 Å². The van der Waals surface area contributed by atoms with Crippen LogP contribution in [0.2, 0.25) is 0 Å². The molecule has 1 saturated heterocycles. The van der Waals surface area contributed by atoms with E-state index < -0.39 is 0 Å². The van der Waals surface area contributed by atoms with Gasteiger partial charge in [-0.25, -0.2) is 14.4 Å². The standard InChI is InChI=1S/C15H21FN6O/c1-11-18-13(20-19-11)10-22-7-5-21(6-8-22)9-12-3-4-17-15(23-2)14(12)16/h3-4H,5-10H2,1-2H3,(H,18,19,20). The lowest BCUT2D eigenvalue weighted by atomic mass is 10.2. The predicted molar refractivity (Wildman–Crippen MR) is 82.4 cm³/mol. The van der Waals surface area contributed by atoms with Crippen molar-refractivity contribution in [3.8, 4) is 5.88 Å². The summed E-state index contributed by atoms with van der Waals surface area (Å²) in [6.45, 7) is 6.80. The van der Waals surface area contributed by atoms with E-state index in [0.29, 0.717) is 12.1 Å². The number of H-pyrrole nitrogens is 1. The third-order valence-corrected chi connectivity index (χ3v) is 4.00. The minimum atomic E-state index is -0.367. The molecule has 0 unspecified atom stereocenters. The van der Waals surface area contributed by atoms with Crippen molar-refractivity contribution in [3.63, 3.8) is 0 Å². The number of hydrogen-bond donors (Lipinski definition) is 1. The number of piperazine rings is 1. The smallest absolute Gasteiger partial charge is 0.250 e. The number of hydrogen-bond acceptors (Lipinski definition) is 6. The third-order valence-electron chi connectivity index (χ3n) is 4.00. The summed E-state index contributed by atoms with van der Waals surface area (Å²) in [5.74, 6) is 1.34. The summed E-state index contributed by atoms with van der Waals surface area (Å²) in [5, 5.41) is 7.02. The number of rotatable bonds is 5. The molecule has 1 aliphatic rings. The van der Waals surface area contributed by atoms with Crippen molar-refractivity contribution >= 4 is 0 Å². The van der Waals surface area contributed by atoms with E-state index in [0.717, 1.165) is 44.4 Å². The molecular formula is C15H21FN6O. The second-order valence-corrected chi connectivity index (χ2v) is 5.68. The van der Waals surface area contributed by atoms with Crippen molar-refractivity contribution in [1.29, 1.82) is 0 Å². The van der Waals surface area contributed by atoms with Gasteiger partial charge in [0, 0.05) is 44.5 Å². The van der Waals surface area contributed by atoms with Crippen LogP contribution in [0, 0.1) is 12.7 Å². The summed E-state index contributed by atoms with van der Waals surface area (Å²) in [7, 11) is 1.43. The summed E-state index contributed by atoms with van der Waals surface area (Å²) >= 11 is 0. The fourth-order valence-corrected chi connectivity index (χ4v) is 2.73. The fraction of sp³-hybridized carbons (Fsp3) is 0.533. The van der Waals surface area contributed by atoms with Crippen LogP contribution in [0.3, 0.4) is 0 Å². The monoisotopic (exact) mass is 320 g/mol. The third kappa shape index (κ3) is 3.83. The molecule has 0 atom stereocenters. The fourth-order valence-electron chi connectivity index (χ4n) is 2.73. The van der Waals surface area contributed by atoms with Crippen molar-refractivity contribution in [3.05, 3.63) is 35.3 Å². The van der Waals surface area contributed by atoms with Gasteiger partial charge in [-0.15, -0.1) is 0 Å². The Balaban J connectivity index is 1.53. The molecule has 2 aromatic rings. The van der Waals surface area contributed by atoms with Gasteiger partial charge in [-0.3, -0.25) is 14.9 Å². The zero-order chi connectivity index (χ0) is 16.2. The highest BCUT2D eigenvalue weighted by atomic mass is 19.1. The van der Waals surface area contributed by atoms with Gasteiger partial charge in [-0.2, -0.15) is 5.10 Å². The largest absolute Gasteiger partial charge is 0.479 e. The van der Waals surface area contributed by atoms with Crippen LogP contribution in [-0.2, 0) is 13.1 Å². The molecule has 3 rings (SSSR count). The molecule has 0 saturated carbocycles. The number of pyridine rings is 1. The lowest BCUT2D eigenvalue weighted by Crippen LogP contribution is -2.45. The van der Waals surface area contributed by atoms with Gasteiger partial charge in [-0.1, -0.05) is 0 Å². The maximum atomic E-state index is 14.1. The van der Waals surface area contributed by atoms with E-state index in [9.17, 15) is 4.39 Å². The highest BCUT2D eigenvalue weighted by Crippen LogP contribution is 2.19. The van der Waals surface area contributed by atoms with Gasteiger partial charge in [0.1, 0.15) is 5.82 Å². The number of nitrogens with one attached hydrogen (secondary N) is 1. The van der Waals surface area contributed by atoms with Crippen LogP contribution >= 0.6 is 0 Å². The van der Waals surface area contributed by atoms with Crippen molar-refractivity contribution in [2.24, 2.45) is 0 Å². The maximum absolute atomic E-state index is 14.1. The van der Waals surface area contributed by atoms with E-state index >= 15 is 0 Å². The summed E-state index contributed by atoms with van der Waals surface area (Å²) < 4.78 is 19.1. The number of halogens is 1. The zero-order valence-corrected chi connectivity index (χ0v) is 13.4. The Morgan fingerprint density at radius 3 is 2.52 bits per heavy atom. The topological polar surface area (TPSA) is 70.2 Å². The van der Waals surface area contributed by atoms with Gasteiger partial charge in [0.25, 0.3) is 0 Å². The van der Waals surface area contributed by atoms with Crippen LogP contribution in [0.5, 0.6) is 5.88 Å². The Kier molecular flexibility index (Phi) is 4.82. The molecule has 0 aromatic carbocycles. The lowest BCUT2D eigenvalue weighted by molar-refractivity contribution is 0.119. The zero-order valence-electron chi connectivity index (χ0n) is 13.4. The van der Waals surface area contributed by atoms with Crippen LogP contribution in [0.15, 0.2) is 12.3 Å². The van der Waals surface area contributed by atoms with Crippen molar-refractivity contribution in [2.45, 2.75) is 20.0 Å². The molecule has 0 amide bonds. The molecule has 7 nitrogen and oxygen atoms in total. The molecular weight excluding hydrogens is 299 g/mol. The first-order chi connectivity index (χ1) is 11.2. The van der Waals surface area contributed by atoms with Crippen LogP contribution in [0.4, 0.5) is 4.39 Å². The minimum Gasteiger partial charge on any atom is -0.479 e. The maximum Gasteiger partial charge on any atom is 0.250 e. The van der Waals surface area contributed by atoms with E-state index in [1.807, 2.05) is 6.92 Å². The quantitative estimate of drug-likeness (QED) is 0.885. The molecule has 0 spiro atoms. The highest BCUT2D eigenvalue weighted by molar-refractivity contribution is 5.23. The Morgan fingerprint density at radius 1 is 1.22 bits per heavy atom. The summed E-state index contributed by atoms with van der Waals surface area (Å²) in [6.07, 6.45) is 1.58. The van der Waals surface area contributed by atoms with Gasteiger partial charge in [0.05, 0.1) is 13.7 Å². The number of aromatic amines is 1. The van der Waals surface area contributed by atoms with Crippen LogP contribution in [0.25, 0.3) is 0 Å². The molecule has 23 heavy (non-hydrogen) atoms. The molecule has 3 heterocycles. The van der Waals surface area contributed by atoms with Gasteiger partial charge >= 0.3 is 0 Å². The minimum absolute atomic E-state index is 0.0566. The van der Waals surface area contributed by atoms with Gasteiger partial charge in [-0.05, 0) is 13.0 Å². The molecule has 124 valence electrons. The average molecular weight is 320 g/mol. The second-order valence-electron chi connectivity index (χ2n) is 5.68. The second kappa shape index (κ2) is 7.01. The van der Waals surface area contributed by atoms with Crippen LogP contribution < -0.4 is 4.74 Å². The summed E-state index contributed by atoms with van der Waals surface area (Å²) in [6, 6.07) is 1.71. The molecule has 0 aliphatic carbocycles. The Morgan fingerprint density at radius 2 is 1.91 bits per heavy atom. The van der Waals surface area contributed by atoms with E-state index in [-0.39, 0.29) is 11.7 Å². The molecule has 0 bridgehead atoms. The molecule has 0 radical (unpaired) electrons. The summed E-state index contributed by atoms with van der Waals surface area (Å²) in [4.78, 5) is 12.7. The van der Waals surface area contributed by atoms with E-state index in [4.69, 9.17) is 4.74 Å². The van der Waals surface area contributed by atoms with Crippen molar-refractivity contribution in [2.75, 3.05) is 33.3 Å². The SMILES string of the molecule is COc1nccc(CN2CCN(Cc3n[nH]c(C)n3)CC2)c1F. The van der Waals surface area contributed by atoms with E-state index in [1.165, 1.54) is 7.11 Å². The molecule has 8 heteroatoms. The molecule has 1 fully saturated rings. The van der Waals surface area contributed by atoms with Crippen LogP contribution in [0.1, 0.15) is 17.2 Å². The lowest BCUT2D eigenvalue weighted by Gasteiger charge is -2.34. The van der Waals surface area contributed by atoms with Gasteiger partial charge in [0.2, 0.25) is 5.88 Å². The Hall–Kier alpha value is -2.06. The number of methoxy groups -OCH3 is 1. The van der Waals surface area contributed by atoms with Crippen molar-refractivity contribution < 1.29 is 9.13 Å². The molecule has 1 N–H and O–H groups in total. The number of ether oxygens (including phenoxy) is 1. The highest BCUT2D eigenvalue weighted by Gasteiger charge is 2.20.